The first-order valence-corrected chi connectivity index (χ1v) is 9.97. The van der Waals surface area contributed by atoms with Gasteiger partial charge in [0.15, 0.2) is 0 Å². The standard InChI is InChI=1S/C21H24N6O2/c1-12-18(22)11-27(26-12)15-4-5-17(20(28)10-15)19-6-7-21(25-24-19)29-16-8-13-2-3-14(9-16)23-13/h4-7,10-11,13-14,16,23,28H,2-3,8-9,22H2,1H3. The Labute approximate surface area is 168 Å². The van der Waals surface area contributed by atoms with Crippen molar-refractivity contribution in [3.05, 3.63) is 42.2 Å². The third-order valence-electron chi connectivity index (χ3n) is 5.82. The quantitative estimate of drug-likeness (QED) is 0.626. The summed E-state index contributed by atoms with van der Waals surface area (Å²) in [6.07, 6.45) is 6.40. The van der Waals surface area contributed by atoms with Crippen LogP contribution in [-0.2, 0) is 0 Å². The van der Waals surface area contributed by atoms with Crippen LogP contribution in [0.5, 0.6) is 11.6 Å². The highest BCUT2D eigenvalue weighted by Crippen LogP contribution is 2.32. The number of nitrogens with zero attached hydrogens (tertiary/aromatic N) is 4. The minimum atomic E-state index is 0.104. The topological polar surface area (TPSA) is 111 Å². The number of phenolic OH excluding ortho intramolecular Hbond substituents is 1. The van der Waals surface area contributed by atoms with Crippen molar-refractivity contribution in [2.45, 2.75) is 50.8 Å². The summed E-state index contributed by atoms with van der Waals surface area (Å²) in [5.41, 5.74) is 9.12. The first-order valence-electron chi connectivity index (χ1n) is 9.97. The predicted octanol–water partition coefficient (Wildman–Crippen LogP) is 2.59. The number of aryl methyl sites for hydroxylation is 1. The summed E-state index contributed by atoms with van der Waals surface area (Å²) >= 11 is 0. The lowest BCUT2D eigenvalue weighted by Crippen LogP contribution is -2.42. The normalized spacial score (nSPS) is 23.3. The number of benzene rings is 1. The van der Waals surface area contributed by atoms with Crippen LogP contribution in [0, 0.1) is 6.92 Å². The van der Waals surface area contributed by atoms with Crippen LogP contribution in [0.3, 0.4) is 0 Å². The summed E-state index contributed by atoms with van der Waals surface area (Å²) in [6, 6.07) is 10.1. The Morgan fingerprint density at radius 1 is 1.14 bits per heavy atom. The summed E-state index contributed by atoms with van der Waals surface area (Å²) in [5.74, 6) is 0.630. The van der Waals surface area contributed by atoms with Crippen molar-refractivity contribution in [2.24, 2.45) is 0 Å². The maximum absolute atomic E-state index is 10.5. The van der Waals surface area contributed by atoms with Gasteiger partial charge >= 0.3 is 0 Å². The molecule has 0 amide bonds. The molecule has 2 saturated heterocycles. The Hall–Kier alpha value is -3.13. The number of nitrogens with one attached hydrogen (secondary N) is 1. The van der Waals surface area contributed by atoms with E-state index in [-0.39, 0.29) is 11.9 Å². The van der Waals surface area contributed by atoms with E-state index in [9.17, 15) is 5.11 Å². The maximum Gasteiger partial charge on any atom is 0.233 e. The minimum absolute atomic E-state index is 0.104. The Morgan fingerprint density at radius 2 is 1.93 bits per heavy atom. The fourth-order valence-electron chi connectivity index (χ4n) is 4.28. The fourth-order valence-corrected chi connectivity index (χ4v) is 4.28. The van der Waals surface area contributed by atoms with E-state index in [0.29, 0.717) is 34.9 Å². The number of rotatable bonds is 4. The molecule has 5 rings (SSSR count). The molecule has 4 N–H and O–H groups in total. The molecule has 2 unspecified atom stereocenters. The van der Waals surface area contributed by atoms with Gasteiger partial charge in [0.2, 0.25) is 5.88 Å². The first-order chi connectivity index (χ1) is 14.0. The van der Waals surface area contributed by atoms with Crippen LogP contribution in [0.25, 0.3) is 16.9 Å². The molecule has 2 aliphatic heterocycles. The molecule has 3 aromatic rings. The van der Waals surface area contributed by atoms with E-state index in [0.717, 1.165) is 24.2 Å². The van der Waals surface area contributed by atoms with Gasteiger partial charge in [-0.05, 0) is 50.8 Å². The van der Waals surface area contributed by atoms with Gasteiger partial charge in [0.1, 0.15) is 11.9 Å². The molecule has 1 aromatic carbocycles. The smallest absolute Gasteiger partial charge is 0.233 e. The molecule has 8 nitrogen and oxygen atoms in total. The number of nitrogens with two attached hydrogens (primary N) is 1. The second kappa shape index (κ2) is 7.04. The average molecular weight is 392 g/mol. The Bertz CT molecular complexity index is 1000. The zero-order valence-corrected chi connectivity index (χ0v) is 16.2. The SMILES string of the molecule is Cc1nn(-c2ccc(-c3ccc(OC4CC5CCC(C4)N5)nn3)c(O)c2)cc1N. The summed E-state index contributed by atoms with van der Waals surface area (Å²) in [6.45, 7) is 1.84. The molecular formula is C21H24N6O2. The van der Waals surface area contributed by atoms with Gasteiger partial charge in [0, 0.05) is 29.8 Å². The number of aromatic hydroxyl groups is 1. The fraction of sp³-hybridized carbons (Fsp3) is 0.381. The highest BCUT2D eigenvalue weighted by atomic mass is 16.5. The molecule has 2 aromatic heterocycles. The zero-order chi connectivity index (χ0) is 20.0. The highest BCUT2D eigenvalue weighted by molar-refractivity contribution is 5.68. The molecule has 2 atom stereocenters. The molecule has 150 valence electrons. The minimum Gasteiger partial charge on any atom is -0.507 e. The van der Waals surface area contributed by atoms with Crippen molar-refractivity contribution in [1.29, 1.82) is 0 Å². The zero-order valence-electron chi connectivity index (χ0n) is 16.2. The van der Waals surface area contributed by atoms with Gasteiger partial charge in [-0.3, -0.25) is 0 Å². The average Bonchev–Trinajstić information content (AvgIpc) is 3.23. The van der Waals surface area contributed by atoms with Gasteiger partial charge in [-0.25, -0.2) is 4.68 Å². The molecule has 2 aliphatic rings. The largest absolute Gasteiger partial charge is 0.507 e. The van der Waals surface area contributed by atoms with E-state index >= 15 is 0 Å². The van der Waals surface area contributed by atoms with Gasteiger partial charge in [0.25, 0.3) is 0 Å². The van der Waals surface area contributed by atoms with Crippen molar-refractivity contribution in [3.63, 3.8) is 0 Å². The van der Waals surface area contributed by atoms with Gasteiger partial charge in [-0.15, -0.1) is 10.2 Å². The summed E-state index contributed by atoms with van der Waals surface area (Å²) < 4.78 is 7.69. The molecule has 0 saturated carbocycles. The number of ether oxygens (including phenoxy) is 1. The molecule has 2 bridgehead atoms. The van der Waals surface area contributed by atoms with Gasteiger partial charge < -0.3 is 20.9 Å². The van der Waals surface area contributed by atoms with E-state index < -0.39 is 0 Å². The Kier molecular flexibility index (Phi) is 4.35. The van der Waals surface area contributed by atoms with Crippen LogP contribution in [0.2, 0.25) is 0 Å². The van der Waals surface area contributed by atoms with Crippen molar-refractivity contribution in [3.8, 4) is 28.6 Å². The molecular weight excluding hydrogens is 368 g/mol. The Morgan fingerprint density at radius 3 is 2.55 bits per heavy atom. The number of phenols is 1. The van der Waals surface area contributed by atoms with Crippen LogP contribution in [0.4, 0.5) is 5.69 Å². The Balaban J connectivity index is 1.32. The van der Waals surface area contributed by atoms with Crippen LogP contribution >= 0.6 is 0 Å². The number of fused-ring (bicyclic) bond motifs is 2. The molecule has 4 heterocycles. The van der Waals surface area contributed by atoms with Crippen molar-refractivity contribution >= 4 is 5.69 Å². The molecule has 29 heavy (non-hydrogen) atoms. The summed E-state index contributed by atoms with van der Waals surface area (Å²) in [4.78, 5) is 0. The number of anilines is 1. The number of nitrogen functional groups attached to an aromatic ring is 1. The number of hydrogen-bond donors (Lipinski definition) is 3. The van der Waals surface area contributed by atoms with Gasteiger partial charge in [0.05, 0.1) is 29.0 Å². The van der Waals surface area contributed by atoms with E-state index in [2.05, 4.69) is 20.6 Å². The second-order valence-corrected chi connectivity index (χ2v) is 7.92. The number of aromatic nitrogens is 4. The molecule has 8 heteroatoms. The van der Waals surface area contributed by atoms with Crippen LogP contribution in [0.1, 0.15) is 31.4 Å². The lowest BCUT2D eigenvalue weighted by molar-refractivity contribution is 0.130. The third-order valence-corrected chi connectivity index (χ3v) is 5.82. The van der Waals surface area contributed by atoms with E-state index in [1.54, 1.807) is 23.0 Å². The monoisotopic (exact) mass is 392 g/mol. The third kappa shape index (κ3) is 3.51. The lowest BCUT2D eigenvalue weighted by Gasteiger charge is -2.28. The van der Waals surface area contributed by atoms with E-state index in [4.69, 9.17) is 10.5 Å². The van der Waals surface area contributed by atoms with E-state index in [1.165, 1.54) is 12.8 Å². The van der Waals surface area contributed by atoms with Crippen molar-refractivity contribution in [2.75, 3.05) is 5.73 Å². The first kappa shape index (κ1) is 17.9. The second-order valence-electron chi connectivity index (χ2n) is 7.92. The van der Waals surface area contributed by atoms with Gasteiger partial charge in [-0.2, -0.15) is 5.10 Å². The highest BCUT2D eigenvalue weighted by Gasteiger charge is 2.34. The molecule has 2 fully saturated rings. The molecule has 0 aliphatic carbocycles. The summed E-state index contributed by atoms with van der Waals surface area (Å²) in [5, 5.41) is 26.9. The molecule has 0 spiro atoms. The maximum atomic E-state index is 10.5. The number of piperidine rings is 1. The van der Waals surface area contributed by atoms with Crippen molar-refractivity contribution in [1.82, 2.24) is 25.3 Å². The summed E-state index contributed by atoms with van der Waals surface area (Å²) in [7, 11) is 0. The van der Waals surface area contributed by atoms with Crippen molar-refractivity contribution < 1.29 is 9.84 Å². The predicted molar refractivity (Wildman–Crippen MR) is 109 cm³/mol. The van der Waals surface area contributed by atoms with Crippen LogP contribution < -0.4 is 15.8 Å². The van der Waals surface area contributed by atoms with Crippen LogP contribution in [0.15, 0.2) is 36.5 Å². The lowest BCUT2D eigenvalue weighted by atomic mass is 10.0. The number of hydrogen-bond acceptors (Lipinski definition) is 7. The molecule has 0 radical (unpaired) electrons. The van der Waals surface area contributed by atoms with E-state index in [1.807, 2.05) is 25.1 Å². The van der Waals surface area contributed by atoms with Gasteiger partial charge in [-0.1, -0.05) is 0 Å². The van der Waals surface area contributed by atoms with Crippen LogP contribution in [-0.4, -0.2) is 43.3 Å².